The van der Waals surface area contributed by atoms with Crippen LogP contribution in [0.15, 0.2) is 73.1 Å². The summed E-state index contributed by atoms with van der Waals surface area (Å²) in [4.78, 5) is 14.8. The predicted molar refractivity (Wildman–Crippen MR) is 108 cm³/mol. The Morgan fingerprint density at radius 3 is 2.41 bits per heavy atom. The zero-order chi connectivity index (χ0) is 19.2. The van der Waals surface area contributed by atoms with Crippen molar-refractivity contribution in [2.24, 2.45) is 0 Å². The quantitative estimate of drug-likeness (QED) is 0.699. The number of ether oxygens (including phenoxy) is 1. The number of benzene rings is 2. The Bertz CT molecular complexity index is 871. The molecule has 5 nitrogen and oxygen atoms in total. The molecule has 27 heavy (non-hydrogen) atoms. The van der Waals surface area contributed by atoms with Gasteiger partial charge in [0, 0.05) is 30.2 Å². The highest BCUT2D eigenvalue weighted by Crippen LogP contribution is 2.21. The summed E-state index contributed by atoms with van der Waals surface area (Å²) < 4.78 is 7.20. The first-order chi connectivity index (χ1) is 13.1. The molecular weight excluding hydrogens is 338 g/mol. The summed E-state index contributed by atoms with van der Waals surface area (Å²) in [6.07, 6.45) is 3.92. The first-order valence-corrected chi connectivity index (χ1v) is 8.90. The lowest BCUT2D eigenvalue weighted by Crippen LogP contribution is -2.34. The van der Waals surface area contributed by atoms with Gasteiger partial charge in [0.15, 0.2) is 0 Å². The fourth-order valence-corrected chi connectivity index (χ4v) is 3.03. The number of nitrogens with one attached hydrogen (secondary N) is 1. The summed E-state index contributed by atoms with van der Waals surface area (Å²) in [5.74, 6) is 0.742. The second-order valence-corrected chi connectivity index (χ2v) is 6.60. The molecule has 0 saturated carbocycles. The van der Waals surface area contributed by atoms with Crippen LogP contribution in [-0.2, 0) is 0 Å². The number of hydrogen-bond donors (Lipinski definition) is 1. The molecule has 0 aliphatic heterocycles. The van der Waals surface area contributed by atoms with Crippen LogP contribution >= 0.6 is 0 Å². The van der Waals surface area contributed by atoms with Gasteiger partial charge in [-0.05, 0) is 62.1 Å². The molecule has 3 aromatic rings. The number of likely N-dealkylation sites (N-methyl/N-ethyl adjacent to an activating group) is 1. The Labute approximate surface area is 160 Å². The number of rotatable bonds is 7. The van der Waals surface area contributed by atoms with Crippen molar-refractivity contribution >= 4 is 5.91 Å². The van der Waals surface area contributed by atoms with E-state index in [1.165, 1.54) is 0 Å². The van der Waals surface area contributed by atoms with Crippen LogP contribution < -0.4 is 10.1 Å². The molecule has 2 aromatic carbocycles. The monoisotopic (exact) mass is 363 g/mol. The molecule has 0 radical (unpaired) electrons. The molecule has 1 atom stereocenters. The van der Waals surface area contributed by atoms with Crippen LogP contribution in [0.5, 0.6) is 5.75 Å². The van der Waals surface area contributed by atoms with Crippen molar-refractivity contribution in [3.8, 4) is 11.4 Å². The van der Waals surface area contributed by atoms with Crippen LogP contribution in [0.25, 0.3) is 5.69 Å². The van der Waals surface area contributed by atoms with E-state index in [2.05, 4.69) is 10.2 Å². The van der Waals surface area contributed by atoms with Crippen LogP contribution in [0.1, 0.15) is 22.0 Å². The topological polar surface area (TPSA) is 46.5 Å². The Morgan fingerprint density at radius 2 is 1.78 bits per heavy atom. The van der Waals surface area contributed by atoms with Gasteiger partial charge in [0.05, 0.1) is 13.2 Å². The molecule has 1 heterocycles. The molecule has 3 rings (SSSR count). The summed E-state index contributed by atoms with van der Waals surface area (Å²) in [7, 11) is 5.67. The minimum atomic E-state index is -0.0793. The molecule has 1 unspecified atom stereocenters. The van der Waals surface area contributed by atoms with E-state index >= 15 is 0 Å². The number of nitrogens with zero attached hydrogens (tertiary/aromatic N) is 2. The fourth-order valence-electron chi connectivity index (χ4n) is 3.03. The first-order valence-electron chi connectivity index (χ1n) is 8.90. The number of methoxy groups -OCH3 is 1. The normalized spacial score (nSPS) is 12.0. The molecule has 0 aliphatic rings. The summed E-state index contributed by atoms with van der Waals surface area (Å²) in [6.45, 7) is 0.520. The van der Waals surface area contributed by atoms with Crippen LogP contribution in [-0.4, -0.2) is 43.1 Å². The number of carbonyl (C=O) groups is 1. The van der Waals surface area contributed by atoms with Crippen molar-refractivity contribution < 1.29 is 9.53 Å². The third kappa shape index (κ3) is 4.57. The Morgan fingerprint density at radius 1 is 1.07 bits per heavy atom. The second kappa shape index (κ2) is 8.56. The molecule has 1 aromatic heterocycles. The first kappa shape index (κ1) is 18.7. The fraction of sp³-hybridized carbons (Fsp3) is 0.227. The zero-order valence-corrected chi connectivity index (χ0v) is 15.9. The van der Waals surface area contributed by atoms with E-state index < -0.39 is 0 Å². The van der Waals surface area contributed by atoms with Crippen LogP contribution in [0.2, 0.25) is 0 Å². The molecule has 0 spiro atoms. The molecular formula is C22H25N3O2. The van der Waals surface area contributed by atoms with Gasteiger partial charge in [-0.1, -0.05) is 18.2 Å². The lowest BCUT2D eigenvalue weighted by molar-refractivity contribution is 0.0942. The van der Waals surface area contributed by atoms with E-state index in [4.69, 9.17) is 4.74 Å². The maximum absolute atomic E-state index is 12.7. The lowest BCUT2D eigenvalue weighted by atomic mass is 10.1. The van der Waals surface area contributed by atoms with E-state index in [0.29, 0.717) is 12.1 Å². The Balaban J connectivity index is 1.70. The second-order valence-electron chi connectivity index (χ2n) is 6.60. The SMILES string of the molecule is COc1ccc(C(CNC(=O)c2cccc(-n3cccc3)c2)N(C)C)cc1. The van der Waals surface area contributed by atoms with Gasteiger partial charge in [-0.3, -0.25) is 4.79 Å². The van der Waals surface area contributed by atoms with Crippen molar-refractivity contribution in [3.05, 3.63) is 84.2 Å². The van der Waals surface area contributed by atoms with Gasteiger partial charge in [0.1, 0.15) is 5.75 Å². The minimum Gasteiger partial charge on any atom is -0.497 e. The average Bonchev–Trinajstić information content (AvgIpc) is 3.23. The average molecular weight is 363 g/mol. The van der Waals surface area contributed by atoms with Crippen molar-refractivity contribution in [3.63, 3.8) is 0 Å². The van der Waals surface area contributed by atoms with Crippen molar-refractivity contribution in [1.29, 1.82) is 0 Å². The molecule has 1 N–H and O–H groups in total. The van der Waals surface area contributed by atoms with E-state index in [1.54, 1.807) is 7.11 Å². The number of hydrogen-bond acceptors (Lipinski definition) is 3. The largest absolute Gasteiger partial charge is 0.497 e. The molecule has 0 aliphatic carbocycles. The predicted octanol–water partition coefficient (Wildman–Crippen LogP) is 3.52. The number of carbonyl (C=O) groups excluding carboxylic acids is 1. The summed E-state index contributed by atoms with van der Waals surface area (Å²) in [5, 5.41) is 3.06. The Hall–Kier alpha value is -3.05. The molecule has 1 amide bonds. The van der Waals surface area contributed by atoms with Gasteiger partial charge in [0.2, 0.25) is 0 Å². The maximum atomic E-state index is 12.7. The molecule has 0 saturated heterocycles. The zero-order valence-electron chi connectivity index (χ0n) is 15.9. The van der Waals surface area contributed by atoms with Gasteiger partial charge >= 0.3 is 0 Å². The molecule has 0 bridgehead atoms. The highest BCUT2D eigenvalue weighted by atomic mass is 16.5. The summed E-state index contributed by atoms with van der Waals surface area (Å²) in [5.41, 5.74) is 2.74. The molecule has 140 valence electrons. The highest BCUT2D eigenvalue weighted by Gasteiger charge is 2.16. The van der Waals surface area contributed by atoms with Gasteiger partial charge in [-0.2, -0.15) is 0 Å². The van der Waals surface area contributed by atoms with Gasteiger partial charge in [-0.25, -0.2) is 0 Å². The summed E-state index contributed by atoms with van der Waals surface area (Å²) in [6, 6.07) is 19.5. The summed E-state index contributed by atoms with van der Waals surface area (Å²) >= 11 is 0. The number of aromatic nitrogens is 1. The van der Waals surface area contributed by atoms with Gasteiger partial charge in [-0.15, -0.1) is 0 Å². The standard InChI is InChI=1S/C22H25N3O2/c1-24(2)21(17-9-11-20(27-3)12-10-17)16-23-22(26)18-7-6-8-19(15-18)25-13-4-5-14-25/h4-15,21H,16H2,1-3H3,(H,23,26). The highest BCUT2D eigenvalue weighted by molar-refractivity contribution is 5.94. The smallest absolute Gasteiger partial charge is 0.251 e. The van der Waals surface area contributed by atoms with Crippen LogP contribution in [0.3, 0.4) is 0 Å². The van der Waals surface area contributed by atoms with E-state index in [0.717, 1.165) is 17.0 Å². The van der Waals surface area contributed by atoms with E-state index in [1.807, 2.05) is 91.7 Å². The van der Waals surface area contributed by atoms with E-state index in [9.17, 15) is 4.79 Å². The molecule has 0 fully saturated rings. The van der Waals surface area contributed by atoms with Crippen LogP contribution in [0.4, 0.5) is 0 Å². The van der Waals surface area contributed by atoms with Crippen molar-refractivity contribution in [2.45, 2.75) is 6.04 Å². The van der Waals surface area contributed by atoms with Crippen LogP contribution in [0, 0.1) is 0 Å². The van der Waals surface area contributed by atoms with E-state index in [-0.39, 0.29) is 11.9 Å². The van der Waals surface area contributed by atoms with Gasteiger partial charge < -0.3 is 19.5 Å². The molecule has 5 heteroatoms. The lowest BCUT2D eigenvalue weighted by Gasteiger charge is -2.25. The van der Waals surface area contributed by atoms with Crippen molar-refractivity contribution in [2.75, 3.05) is 27.7 Å². The minimum absolute atomic E-state index is 0.0764. The third-order valence-electron chi connectivity index (χ3n) is 4.59. The third-order valence-corrected chi connectivity index (χ3v) is 4.59. The van der Waals surface area contributed by atoms with Crippen molar-refractivity contribution in [1.82, 2.24) is 14.8 Å². The maximum Gasteiger partial charge on any atom is 0.251 e. The van der Waals surface area contributed by atoms with Gasteiger partial charge in [0.25, 0.3) is 5.91 Å². The Kier molecular flexibility index (Phi) is 5.94. The number of amides is 1.